The van der Waals surface area contributed by atoms with E-state index in [2.05, 4.69) is 14.9 Å². The summed E-state index contributed by atoms with van der Waals surface area (Å²) in [5.74, 6) is 0.253. The maximum absolute atomic E-state index is 11.6. The summed E-state index contributed by atoms with van der Waals surface area (Å²) < 4.78 is 9.69. The van der Waals surface area contributed by atoms with Crippen molar-refractivity contribution in [1.29, 1.82) is 0 Å². The number of carbonyl (C=O) groups excluding carboxylic acids is 1. The van der Waals surface area contributed by atoms with E-state index in [0.29, 0.717) is 22.0 Å². The Morgan fingerprint density at radius 2 is 2.24 bits per heavy atom. The third-order valence-corrected chi connectivity index (χ3v) is 2.38. The van der Waals surface area contributed by atoms with Gasteiger partial charge >= 0.3 is 5.97 Å². The van der Waals surface area contributed by atoms with Gasteiger partial charge in [0, 0.05) is 5.02 Å². The molecule has 0 aliphatic rings. The minimum absolute atomic E-state index is 0.263. The van der Waals surface area contributed by atoms with Crippen LogP contribution in [0.3, 0.4) is 0 Å². The molecular formula is C11H9ClN2O3. The lowest BCUT2D eigenvalue weighted by Gasteiger charge is -2.04. The summed E-state index contributed by atoms with van der Waals surface area (Å²) in [6.45, 7) is 1.70. The van der Waals surface area contributed by atoms with Crippen LogP contribution in [-0.4, -0.2) is 23.2 Å². The van der Waals surface area contributed by atoms with E-state index in [9.17, 15) is 4.79 Å². The summed E-state index contributed by atoms with van der Waals surface area (Å²) in [5, 5.41) is 4.11. The van der Waals surface area contributed by atoms with Gasteiger partial charge in [-0.1, -0.05) is 16.8 Å². The van der Waals surface area contributed by atoms with Gasteiger partial charge in [-0.15, -0.1) is 0 Å². The van der Waals surface area contributed by atoms with Crippen molar-refractivity contribution in [2.75, 3.05) is 7.11 Å². The molecule has 1 heterocycles. The molecular weight excluding hydrogens is 244 g/mol. The van der Waals surface area contributed by atoms with Gasteiger partial charge in [0.05, 0.1) is 18.2 Å². The van der Waals surface area contributed by atoms with Crippen LogP contribution in [0.4, 0.5) is 0 Å². The number of hydrogen-bond donors (Lipinski definition) is 0. The SMILES string of the molecule is COC(=O)c1cc(Cl)ccc1-c1nc(C)no1. The molecule has 17 heavy (non-hydrogen) atoms. The van der Waals surface area contributed by atoms with Crippen LogP contribution in [-0.2, 0) is 4.74 Å². The number of esters is 1. The largest absolute Gasteiger partial charge is 0.465 e. The molecule has 0 spiro atoms. The monoisotopic (exact) mass is 252 g/mol. The lowest BCUT2D eigenvalue weighted by Crippen LogP contribution is -2.03. The summed E-state index contributed by atoms with van der Waals surface area (Å²) >= 11 is 5.84. The number of nitrogens with zero attached hydrogens (tertiary/aromatic N) is 2. The molecule has 0 saturated carbocycles. The zero-order valence-corrected chi connectivity index (χ0v) is 9.99. The van der Waals surface area contributed by atoms with E-state index in [-0.39, 0.29) is 5.89 Å². The van der Waals surface area contributed by atoms with Crippen LogP contribution in [0.1, 0.15) is 16.2 Å². The Morgan fingerprint density at radius 1 is 1.47 bits per heavy atom. The lowest BCUT2D eigenvalue weighted by atomic mass is 10.1. The molecule has 0 amide bonds. The van der Waals surface area contributed by atoms with Crippen LogP contribution < -0.4 is 0 Å². The predicted octanol–water partition coefficient (Wildman–Crippen LogP) is 2.49. The Morgan fingerprint density at radius 3 is 2.82 bits per heavy atom. The van der Waals surface area contributed by atoms with Crippen LogP contribution in [0.2, 0.25) is 5.02 Å². The van der Waals surface area contributed by atoms with E-state index in [1.54, 1.807) is 19.1 Å². The minimum atomic E-state index is -0.502. The smallest absolute Gasteiger partial charge is 0.338 e. The van der Waals surface area contributed by atoms with Crippen molar-refractivity contribution in [3.8, 4) is 11.5 Å². The van der Waals surface area contributed by atoms with Crippen molar-refractivity contribution in [3.05, 3.63) is 34.6 Å². The molecule has 0 radical (unpaired) electrons. The molecule has 0 fully saturated rings. The summed E-state index contributed by atoms with van der Waals surface area (Å²) in [7, 11) is 1.30. The molecule has 88 valence electrons. The van der Waals surface area contributed by atoms with E-state index < -0.39 is 5.97 Å². The number of rotatable bonds is 2. The second-order valence-electron chi connectivity index (χ2n) is 3.33. The first-order valence-electron chi connectivity index (χ1n) is 4.80. The molecule has 0 aliphatic heterocycles. The van der Waals surface area contributed by atoms with Crippen LogP contribution >= 0.6 is 11.6 Å². The average Bonchev–Trinajstić information content (AvgIpc) is 2.74. The number of methoxy groups -OCH3 is 1. The number of benzene rings is 1. The van der Waals surface area contributed by atoms with Gasteiger partial charge in [0.2, 0.25) is 0 Å². The maximum atomic E-state index is 11.6. The molecule has 0 N–H and O–H groups in total. The van der Waals surface area contributed by atoms with E-state index in [4.69, 9.17) is 16.1 Å². The number of ether oxygens (including phenoxy) is 1. The van der Waals surface area contributed by atoms with E-state index in [1.807, 2.05) is 0 Å². The fraction of sp³-hybridized carbons (Fsp3) is 0.182. The Bertz CT molecular complexity index is 566. The molecule has 1 aromatic carbocycles. The van der Waals surface area contributed by atoms with E-state index in [0.717, 1.165) is 0 Å². The van der Waals surface area contributed by atoms with Gasteiger partial charge in [0.25, 0.3) is 5.89 Å². The normalized spacial score (nSPS) is 10.3. The van der Waals surface area contributed by atoms with Gasteiger partial charge in [-0.2, -0.15) is 4.98 Å². The average molecular weight is 253 g/mol. The van der Waals surface area contributed by atoms with Crippen LogP contribution in [0.5, 0.6) is 0 Å². The number of carbonyl (C=O) groups is 1. The third kappa shape index (κ3) is 2.29. The van der Waals surface area contributed by atoms with Gasteiger partial charge < -0.3 is 9.26 Å². The van der Waals surface area contributed by atoms with Crippen LogP contribution in [0.15, 0.2) is 22.7 Å². The molecule has 2 rings (SSSR count). The lowest BCUT2D eigenvalue weighted by molar-refractivity contribution is 0.0601. The zero-order valence-electron chi connectivity index (χ0n) is 9.23. The summed E-state index contributed by atoms with van der Waals surface area (Å²) in [4.78, 5) is 15.7. The fourth-order valence-electron chi connectivity index (χ4n) is 1.39. The molecule has 5 nitrogen and oxygen atoms in total. The first-order chi connectivity index (χ1) is 8.11. The standard InChI is InChI=1S/C11H9ClN2O3/c1-6-13-10(17-14-6)8-4-3-7(12)5-9(8)11(15)16-2/h3-5H,1-2H3. The Balaban J connectivity index is 2.57. The quantitative estimate of drug-likeness (QED) is 0.768. The highest BCUT2D eigenvalue weighted by Gasteiger charge is 2.18. The topological polar surface area (TPSA) is 65.2 Å². The van der Waals surface area contributed by atoms with Gasteiger partial charge in [-0.3, -0.25) is 0 Å². The maximum Gasteiger partial charge on any atom is 0.338 e. The molecule has 2 aromatic rings. The first kappa shape index (κ1) is 11.6. The fourth-order valence-corrected chi connectivity index (χ4v) is 1.56. The molecule has 0 atom stereocenters. The van der Waals surface area contributed by atoms with E-state index >= 15 is 0 Å². The zero-order chi connectivity index (χ0) is 12.4. The van der Waals surface area contributed by atoms with Gasteiger partial charge in [0.15, 0.2) is 5.82 Å². The van der Waals surface area contributed by atoms with Crippen molar-refractivity contribution in [3.63, 3.8) is 0 Å². The highest BCUT2D eigenvalue weighted by Crippen LogP contribution is 2.25. The highest BCUT2D eigenvalue weighted by atomic mass is 35.5. The number of hydrogen-bond acceptors (Lipinski definition) is 5. The van der Waals surface area contributed by atoms with E-state index in [1.165, 1.54) is 13.2 Å². The van der Waals surface area contributed by atoms with Crippen LogP contribution in [0, 0.1) is 6.92 Å². The molecule has 6 heteroatoms. The highest BCUT2D eigenvalue weighted by molar-refractivity contribution is 6.31. The van der Waals surface area contributed by atoms with Crippen LogP contribution in [0.25, 0.3) is 11.5 Å². The second kappa shape index (κ2) is 4.55. The summed E-state index contributed by atoms with van der Waals surface area (Å²) in [6.07, 6.45) is 0. The second-order valence-corrected chi connectivity index (χ2v) is 3.76. The molecule has 0 aliphatic carbocycles. The van der Waals surface area contributed by atoms with Crippen molar-refractivity contribution < 1.29 is 14.1 Å². The van der Waals surface area contributed by atoms with Crippen molar-refractivity contribution >= 4 is 17.6 Å². The summed E-state index contributed by atoms with van der Waals surface area (Å²) in [6, 6.07) is 4.78. The van der Waals surface area contributed by atoms with Crippen molar-refractivity contribution in [2.24, 2.45) is 0 Å². The van der Waals surface area contributed by atoms with Gasteiger partial charge in [-0.25, -0.2) is 4.79 Å². The molecule has 0 saturated heterocycles. The van der Waals surface area contributed by atoms with Gasteiger partial charge in [0.1, 0.15) is 0 Å². The number of aromatic nitrogens is 2. The minimum Gasteiger partial charge on any atom is -0.465 e. The Labute approximate surface area is 102 Å². The summed E-state index contributed by atoms with van der Waals surface area (Å²) in [5.41, 5.74) is 0.797. The third-order valence-electron chi connectivity index (χ3n) is 2.14. The number of halogens is 1. The Hall–Kier alpha value is -1.88. The Kier molecular flexibility index (Phi) is 3.10. The molecule has 1 aromatic heterocycles. The number of aryl methyl sites for hydroxylation is 1. The molecule has 0 unspecified atom stereocenters. The molecule has 0 bridgehead atoms. The van der Waals surface area contributed by atoms with Gasteiger partial charge in [-0.05, 0) is 25.1 Å². The van der Waals surface area contributed by atoms with Crippen molar-refractivity contribution in [1.82, 2.24) is 10.1 Å². The first-order valence-corrected chi connectivity index (χ1v) is 5.18. The predicted molar refractivity (Wildman–Crippen MR) is 60.8 cm³/mol. The van der Waals surface area contributed by atoms with Crippen molar-refractivity contribution in [2.45, 2.75) is 6.92 Å².